The quantitative estimate of drug-likeness (QED) is 0.698. The van der Waals surface area contributed by atoms with Crippen LogP contribution in [0.25, 0.3) is 0 Å². The van der Waals surface area contributed by atoms with Crippen molar-refractivity contribution in [3.05, 3.63) is 0 Å². The van der Waals surface area contributed by atoms with Crippen molar-refractivity contribution >= 4 is 0 Å². The lowest BCUT2D eigenvalue weighted by Crippen LogP contribution is -2.38. The van der Waals surface area contributed by atoms with E-state index in [1.165, 1.54) is 57.9 Å². The third-order valence-electron chi connectivity index (χ3n) is 3.75. The minimum atomic E-state index is 0.213. The van der Waals surface area contributed by atoms with Gasteiger partial charge < -0.3 is 11.1 Å². The van der Waals surface area contributed by atoms with Gasteiger partial charge in [-0.2, -0.15) is 0 Å². The highest BCUT2D eigenvalue weighted by atomic mass is 14.9. The Morgan fingerprint density at radius 2 is 2.00 bits per heavy atom. The maximum atomic E-state index is 6.31. The summed E-state index contributed by atoms with van der Waals surface area (Å²) in [4.78, 5) is 0. The lowest BCUT2D eigenvalue weighted by molar-refractivity contribution is 0.366. The Balaban J connectivity index is 1.71. The topological polar surface area (TPSA) is 38.0 Å². The minimum absolute atomic E-state index is 0.213. The Morgan fingerprint density at radius 1 is 1.23 bits per heavy atom. The lowest BCUT2D eigenvalue weighted by atomic mass is 9.90. The molecule has 0 aromatic rings. The van der Waals surface area contributed by atoms with Crippen LogP contribution < -0.4 is 11.1 Å². The van der Waals surface area contributed by atoms with Crippen molar-refractivity contribution in [2.45, 2.75) is 62.9 Å². The average Bonchev–Trinajstić information content (AvgIpc) is 2.72. The van der Waals surface area contributed by atoms with Crippen molar-refractivity contribution in [2.75, 3.05) is 6.54 Å². The summed E-state index contributed by atoms with van der Waals surface area (Å²) in [5, 5.41) is 3.54. The van der Waals surface area contributed by atoms with Crippen molar-refractivity contribution < 1.29 is 0 Å². The molecule has 0 aromatic heterocycles. The predicted molar refractivity (Wildman–Crippen MR) is 55.6 cm³/mol. The van der Waals surface area contributed by atoms with E-state index in [0.29, 0.717) is 0 Å². The molecule has 0 aromatic carbocycles. The molecule has 1 atom stereocenters. The van der Waals surface area contributed by atoms with Gasteiger partial charge in [0.15, 0.2) is 0 Å². The standard InChI is InChI=1S/C11H22N2/c12-11(6-1-2-7-11)8-5-10-4-3-9-13-10/h10,13H,1-9,12H2. The molecule has 2 heteroatoms. The van der Waals surface area contributed by atoms with Gasteiger partial charge in [-0.25, -0.2) is 0 Å². The molecule has 0 amide bonds. The number of nitrogens with one attached hydrogen (secondary N) is 1. The second kappa shape index (κ2) is 3.97. The summed E-state index contributed by atoms with van der Waals surface area (Å²) in [6.45, 7) is 1.22. The summed E-state index contributed by atoms with van der Waals surface area (Å²) >= 11 is 0. The molecule has 76 valence electrons. The fourth-order valence-corrected chi connectivity index (χ4v) is 2.79. The molecule has 3 N–H and O–H groups in total. The first-order chi connectivity index (χ1) is 6.29. The largest absolute Gasteiger partial charge is 0.325 e. The van der Waals surface area contributed by atoms with Gasteiger partial charge in [0.25, 0.3) is 0 Å². The molecule has 2 rings (SSSR count). The zero-order chi connectivity index (χ0) is 9.15. The van der Waals surface area contributed by atoms with Crippen LogP contribution >= 0.6 is 0 Å². The Labute approximate surface area is 81.3 Å². The monoisotopic (exact) mass is 182 g/mol. The van der Waals surface area contributed by atoms with E-state index in [0.717, 1.165) is 6.04 Å². The Bertz CT molecular complexity index is 155. The Morgan fingerprint density at radius 3 is 2.62 bits per heavy atom. The highest BCUT2D eigenvalue weighted by Crippen LogP contribution is 2.32. The average molecular weight is 182 g/mol. The lowest BCUT2D eigenvalue weighted by Gasteiger charge is -2.25. The SMILES string of the molecule is NC1(CCC2CCCN2)CCCC1. The zero-order valence-corrected chi connectivity index (χ0v) is 8.52. The van der Waals surface area contributed by atoms with E-state index in [9.17, 15) is 0 Å². The maximum Gasteiger partial charge on any atom is 0.0154 e. The molecule has 0 spiro atoms. The highest BCUT2D eigenvalue weighted by molar-refractivity contribution is 4.90. The first-order valence-corrected chi connectivity index (χ1v) is 5.81. The van der Waals surface area contributed by atoms with E-state index in [1.807, 2.05) is 0 Å². The summed E-state index contributed by atoms with van der Waals surface area (Å²) in [5.74, 6) is 0. The fraction of sp³-hybridized carbons (Fsp3) is 1.00. The van der Waals surface area contributed by atoms with E-state index in [2.05, 4.69) is 5.32 Å². The second-order valence-electron chi connectivity index (χ2n) is 4.90. The van der Waals surface area contributed by atoms with Gasteiger partial charge in [0, 0.05) is 11.6 Å². The van der Waals surface area contributed by atoms with Gasteiger partial charge in [-0.15, -0.1) is 0 Å². The Kier molecular flexibility index (Phi) is 2.89. The number of hydrogen-bond donors (Lipinski definition) is 2. The van der Waals surface area contributed by atoms with Crippen molar-refractivity contribution in [3.8, 4) is 0 Å². The van der Waals surface area contributed by atoms with Crippen LogP contribution in [-0.4, -0.2) is 18.1 Å². The maximum absolute atomic E-state index is 6.31. The summed E-state index contributed by atoms with van der Waals surface area (Å²) in [6.07, 6.45) is 10.5. The molecule has 1 unspecified atom stereocenters. The molecular formula is C11H22N2. The molecule has 1 heterocycles. The van der Waals surface area contributed by atoms with E-state index < -0.39 is 0 Å². The van der Waals surface area contributed by atoms with Crippen molar-refractivity contribution in [1.82, 2.24) is 5.32 Å². The van der Waals surface area contributed by atoms with Crippen LogP contribution in [0.3, 0.4) is 0 Å². The third kappa shape index (κ3) is 2.44. The minimum Gasteiger partial charge on any atom is -0.325 e. The normalized spacial score (nSPS) is 32.5. The number of hydrogen-bond acceptors (Lipinski definition) is 2. The summed E-state index contributed by atoms with van der Waals surface area (Å²) in [7, 11) is 0. The van der Waals surface area contributed by atoms with Gasteiger partial charge >= 0.3 is 0 Å². The van der Waals surface area contributed by atoms with Crippen LogP contribution in [0.15, 0.2) is 0 Å². The summed E-state index contributed by atoms with van der Waals surface area (Å²) < 4.78 is 0. The van der Waals surface area contributed by atoms with Gasteiger partial charge in [-0.3, -0.25) is 0 Å². The molecule has 2 fully saturated rings. The molecule has 1 saturated heterocycles. The fourth-order valence-electron chi connectivity index (χ4n) is 2.79. The molecule has 2 nitrogen and oxygen atoms in total. The molecule has 2 aliphatic rings. The van der Waals surface area contributed by atoms with Crippen LogP contribution in [0.4, 0.5) is 0 Å². The van der Waals surface area contributed by atoms with Crippen LogP contribution in [0, 0.1) is 0 Å². The summed E-state index contributed by atoms with van der Waals surface area (Å²) in [5.41, 5.74) is 6.52. The molecule has 1 aliphatic carbocycles. The van der Waals surface area contributed by atoms with E-state index in [-0.39, 0.29) is 5.54 Å². The van der Waals surface area contributed by atoms with Crippen LogP contribution in [0.2, 0.25) is 0 Å². The highest BCUT2D eigenvalue weighted by Gasteiger charge is 2.29. The van der Waals surface area contributed by atoms with E-state index >= 15 is 0 Å². The van der Waals surface area contributed by atoms with Gasteiger partial charge in [-0.1, -0.05) is 12.8 Å². The van der Waals surface area contributed by atoms with Gasteiger partial charge in [-0.05, 0) is 45.1 Å². The number of rotatable bonds is 3. The first-order valence-electron chi connectivity index (χ1n) is 5.81. The molecule has 13 heavy (non-hydrogen) atoms. The molecule has 1 saturated carbocycles. The molecule has 0 bridgehead atoms. The Hall–Kier alpha value is -0.0800. The summed E-state index contributed by atoms with van der Waals surface area (Å²) in [6, 6.07) is 0.779. The molecular weight excluding hydrogens is 160 g/mol. The number of nitrogens with two attached hydrogens (primary N) is 1. The smallest absolute Gasteiger partial charge is 0.0154 e. The van der Waals surface area contributed by atoms with E-state index in [4.69, 9.17) is 5.73 Å². The molecule has 1 aliphatic heterocycles. The van der Waals surface area contributed by atoms with Gasteiger partial charge in [0.2, 0.25) is 0 Å². The van der Waals surface area contributed by atoms with E-state index in [1.54, 1.807) is 0 Å². The van der Waals surface area contributed by atoms with Gasteiger partial charge in [0.1, 0.15) is 0 Å². The van der Waals surface area contributed by atoms with Crippen molar-refractivity contribution in [2.24, 2.45) is 5.73 Å². The third-order valence-corrected chi connectivity index (χ3v) is 3.75. The molecule has 0 radical (unpaired) electrons. The van der Waals surface area contributed by atoms with Crippen LogP contribution in [0.1, 0.15) is 51.4 Å². The van der Waals surface area contributed by atoms with Gasteiger partial charge in [0.05, 0.1) is 0 Å². The zero-order valence-electron chi connectivity index (χ0n) is 8.52. The van der Waals surface area contributed by atoms with Crippen molar-refractivity contribution in [1.29, 1.82) is 0 Å². The van der Waals surface area contributed by atoms with Crippen molar-refractivity contribution in [3.63, 3.8) is 0 Å². The second-order valence-corrected chi connectivity index (χ2v) is 4.90. The predicted octanol–water partition coefficient (Wildman–Crippen LogP) is 1.79. The van der Waals surface area contributed by atoms with Crippen LogP contribution in [0.5, 0.6) is 0 Å². The van der Waals surface area contributed by atoms with Crippen LogP contribution in [-0.2, 0) is 0 Å². The first kappa shape index (κ1) is 9.47.